The van der Waals surface area contributed by atoms with Crippen LogP contribution in [0.2, 0.25) is 15.1 Å². The van der Waals surface area contributed by atoms with Crippen molar-refractivity contribution in [2.75, 3.05) is 5.32 Å². The highest BCUT2D eigenvalue weighted by Crippen LogP contribution is 2.37. The number of furan rings is 1. The van der Waals surface area contributed by atoms with Crippen molar-refractivity contribution in [3.63, 3.8) is 0 Å². The predicted molar refractivity (Wildman–Crippen MR) is 98.6 cm³/mol. The van der Waals surface area contributed by atoms with Crippen molar-refractivity contribution in [1.29, 1.82) is 0 Å². The molecule has 0 saturated heterocycles. The molecule has 1 N–H and O–H groups in total. The van der Waals surface area contributed by atoms with Gasteiger partial charge in [-0.1, -0.05) is 34.8 Å². The van der Waals surface area contributed by atoms with Crippen LogP contribution >= 0.6 is 34.8 Å². The van der Waals surface area contributed by atoms with E-state index >= 15 is 0 Å². The van der Waals surface area contributed by atoms with Crippen LogP contribution in [0.4, 0.5) is 18.9 Å². The summed E-state index contributed by atoms with van der Waals surface area (Å²) in [6, 6.07) is 10.5. The van der Waals surface area contributed by atoms with E-state index in [1.165, 1.54) is 18.2 Å². The highest BCUT2D eigenvalue weighted by atomic mass is 35.5. The molecule has 0 saturated carbocycles. The lowest BCUT2D eigenvalue weighted by Crippen LogP contribution is -2.16. The highest BCUT2D eigenvalue weighted by molar-refractivity contribution is 6.35. The molecule has 0 bridgehead atoms. The fourth-order valence-corrected chi connectivity index (χ4v) is 2.89. The van der Waals surface area contributed by atoms with E-state index in [1.54, 1.807) is 18.2 Å². The van der Waals surface area contributed by atoms with E-state index in [4.69, 9.17) is 39.2 Å². The second kappa shape index (κ2) is 7.46. The minimum Gasteiger partial charge on any atom is -0.451 e. The van der Waals surface area contributed by atoms with Crippen molar-refractivity contribution < 1.29 is 22.4 Å². The quantitative estimate of drug-likeness (QED) is 0.474. The van der Waals surface area contributed by atoms with Crippen LogP contribution in [-0.2, 0) is 6.18 Å². The van der Waals surface area contributed by atoms with Gasteiger partial charge in [0.25, 0.3) is 5.91 Å². The molecule has 27 heavy (non-hydrogen) atoms. The van der Waals surface area contributed by atoms with Crippen molar-refractivity contribution in [1.82, 2.24) is 0 Å². The molecule has 140 valence electrons. The number of anilines is 1. The SMILES string of the molecule is O=C(Nc1ccc(Cl)cc1C(F)(F)F)c1ccc(-c2cc(Cl)ccc2Cl)o1. The number of carbonyl (C=O) groups excluding carboxylic acids is 1. The van der Waals surface area contributed by atoms with E-state index in [0.29, 0.717) is 15.6 Å². The normalized spacial score (nSPS) is 11.5. The summed E-state index contributed by atoms with van der Waals surface area (Å²) in [5, 5.41) is 2.84. The lowest BCUT2D eigenvalue weighted by atomic mass is 10.1. The first-order valence-corrected chi connectivity index (χ1v) is 8.52. The van der Waals surface area contributed by atoms with Gasteiger partial charge < -0.3 is 9.73 Å². The summed E-state index contributed by atoms with van der Waals surface area (Å²) in [4.78, 5) is 12.3. The van der Waals surface area contributed by atoms with Gasteiger partial charge in [0.2, 0.25) is 0 Å². The molecule has 0 radical (unpaired) electrons. The molecule has 0 spiro atoms. The fraction of sp³-hybridized carbons (Fsp3) is 0.0556. The first-order valence-electron chi connectivity index (χ1n) is 7.38. The Balaban J connectivity index is 1.89. The van der Waals surface area contributed by atoms with Crippen molar-refractivity contribution in [2.24, 2.45) is 0 Å². The number of hydrogen-bond donors (Lipinski definition) is 1. The summed E-state index contributed by atoms with van der Waals surface area (Å²) < 4.78 is 44.8. The minimum atomic E-state index is -4.68. The Morgan fingerprint density at radius 3 is 2.30 bits per heavy atom. The first kappa shape index (κ1) is 19.6. The fourth-order valence-electron chi connectivity index (χ4n) is 2.33. The summed E-state index contributed by atoms with van der Waals surface area (Å²) in [6.45, 7) is 0. The predicted octanol–water partition coefficient (Wildman–Crippen LogP) is 7.18. The third-order valence-electron chi connectivity index (χ3n) is 3.56. The van der Waals surface area contributed by atoms with Crippen LogP contribution in [0.25, 0.3) is 11.3 Å². The zero-order valence-corrected chi connectivity index (χ0v) is 15.5. The van der Waals surface area contributed by atoms with Gasteiger partial charge in [0.1, 0.15) is 5.76 Å². The average molecular weight is 435 g/mol. The molecular weight excluding hydrogens is 426 g/mol. The Kier molecular flexibility index (Phi) is 5.42. The Morgan fingerprint density at radius 2 is 1.59 bits per heavy atom. The third kappa shape index (κ3) is 4.40. The van der Waals surface area contributed by atoms with E-state index < -0.39 is 23.3 Å². The molecule has 3 nitrogen and oxygen atoms in total. The zero-order valence-electron chi connectivity index (χ0n) is 13.2. The van der Waals surface area contributed by atoms with Crippen LogP contribution in [0.5, 0.6) is 0 Å². The summed E-state index contributed by atoms with van der Waals surface area (Å²) in [6.07, 6.45) is -4.68. The highest BCUT2D eigenvalue weighted by Gasteiger charge is 2.34. The summed E-state index contributed by atoms with van der Waals surface area (Å²) >= 11 is 17.6. The lowest BCUT2D eigenvalue weighted by Gasteiger charge is -2.13. The van der Waals surface area contributed by atoms with Gasteiger partial charge >= 0.3 is 6.18 Å². The number of amides is 1. The molecule has 3 aromatic rings. The zero-order chi connectivity index (χ0) is 19.8. The lowest BCUT2D eigenvalue weighted by molar-refractivity contribution is -0.136. The molecule has 2 aromatic carbocycles. The molecular formula is C18H9Cl3F3NO2. The largest absolute Gasteiger partial charge is 0.451 e. The van der Waals surface area contributed by atoms with Gasteiger partial charge in [-0.2, -0.15) is 13.2 Å². The topological polar surface area (TPSA) is 42.2 Å². The second-order valence-electron chi connectivity index (χ2n) is 5.43. The molecule has 1 aromatic heterocycles. The van der Waals surface area contributed by atoms with Gasteiger partial charge in [0, 0.05) is 15.6 Å². The summed E-state index contributed by atoms with van der Waals surface area (Å²) in [7, 11) is 0. The van der Waals surface area contributed by atoms with Crippen LogP contribution in [0.1, 0.15) is 16.1 Å². The second-order valence-corrected chi connectivity index (χ2v) is 6.71. The number of hydrogen-bond acceptors (Lipinski definition) is 2. The van der Waals surface area contributed by atoms with Gasteiger partial charge in [-0.3, -0.25) is 4.79 Å². The minimum absolute atomic E-state index is 0.101. The van der Waals surface area contributed by atoms with Crippen molar-refractivity contribution >= 4 is 46.4 Å². The van der Waals surface area contributed by atoms with Crippen molar-refractivity contribution in [3.05, 3.63) is 74.9 Å². The van der Waals surface area contributed by atoms with Crippen LogP contribution in [0.3, 0.4) is 0 Å². The van der Waals surface area contributed by atoms with Crippen molar-refractivity contribution in [2.45, 2.75) is 6.18 Å². The number of nitrogens with one attached hydrogen (secondary N) is 1. The molecule has 0 fully saturated rings. The Morgan fingerprint density at radius 1 is 0.926 bits per heavy atom. The average Bonchev–Trinajstić information content (AvgIpc) is 3.07. The molecule has 1 heterocycles. The summed E-state index contributed by atoms with van der Waals surface area (Å²) in [5.74, 6) is -0.795. The van der Waals surface area contributed by atoms with E-state index in [-0.39, 0.29) is 16.5 Å². The maximum Gasteiger partial charge on any atom is 0.418 e. The molecule has 0 aliphatic heterocycles. The van der Waals surface area contributed by atoms with E-state index in [0.717, 1.165) is 12.1 Å². The molecule has 1 amide bonds. The van der Waals surface area contributed by atoms with E-state index in [1.807, 2.05) is 0 Å². The van der Waals surface area contributed by atoms with Crippen LogP contribution < -0.4 is 5.32 Å². The first-order chi connectivity index (χ1) is 12.6. The third-order valence-corrected chi connectivity index (χ3v) is 4.36. The standard InChI is InChI=1S/C18H9Cl3F3NO2/c19-9-1-3-13(21)11(7-9)15-5-6-16(27-15)17(26)25-14-4-2-10(20)8-12(14)18(22,23)24/h1-8H,(H,25,26). The van der Waals surface area contributed by atoms with Gasteiger partial charge in [-0.05, 0) is 48.5 Å². The Labute approximate surface area is 166 Å². The Bertz CT molecular complexity index is 1020. The van der Waals surface area contributed by atoms with Gasteiger partial charge in [0.05, 0.1) is 16.3 Å². The molecule has 0 aliphatic rings. The van der Waals surface area contributed by atoms with Crippen LogP contribution in [0.15, 0.2) is 52.9 Å². The maximum atomic E-state index is 13.1. The van der Waals surface area contributed by atoms with Crippen LogP contribution in [0, 0.1) is 0 Å². The number of alkyl halides is 3. The van der Waals surface area contributed by atoms with Crippen molar-refractivity contribution in [3.8, 4) is 11.3 Å². The number of carbonyl (C=O) groups is 1. The molecule has 0 aliphatic carbocycles. The number of rotatable bonds is 3. The smallest absolute Gasteiger partial charge is 0.418 e. The number of halogens is 6. The van der Waals surface area contributed by atoms with E-state index in [9.17, 15) is 18.0 Å². The van der Waals surface area contributed by atoms with E-state index in [2.05, 4.69) is 5.32 Å². The summed E-state index contributed by atoms with van der Waals surface area (Å²) in [5.41, 5.74) is -1.05. The van der Waals surface area contributed by atoms with Gasteiger partial charge in [-0.15, -0.1) is 0 Å². The maximum absolute atomic E-state index is 13.1. The number of benzene rings is 2. The van der Waals surface area contributed by atoms with Crippen LogP contribution in [-0.4, -0.2) is 5.91 Å². The molecule has 3 rings (SSSR count). The monoisotopic (exact) mass is 433 g/mol. The molecule has 0 unspecified atom stereocenters. The van der Waals surface area contributed by atoms with Gasteiger partial charge in [0.15, 0.2) is 5.76 Å². The Hall–Kier alpha value is -2.15. The van der Waals surface area contributed by atoms with Gasteiger partial charge in [-0.25, -0.2) is 0 Å². The molecule has 0 atom stereocenters. The molecule has 9 heteroatoms.